The zero-order valence-electron chi connectivity index (χ0n) is 13.4. The average molecular weight is 308 g/mol. The lowest BCUT2D eigenvalue weighted by Crippen LogP contribution is -2.36. The molecule has 1 saturated heterocycles. The molecule has 0 N–H and O–H groups in total. The van der Waals surface area contributed by atoms with Gasteiger partial charge in [0.15, 0.2) is 5.78 Å². The van der Waals surface area contributed by atoms with Crippen LogP contribution >= 0.6 is 0 Å². The maximum Gasteiger partial charge on any atom is 0.213 e. The molecule has 0 amide bonds. The van der Waals surface area contributed by atoms with E-state index >= 15 is 0 Å². The lowest BCUT2D eigenvalue weighted by atomic mass is 9.88. The summed E-state index contributed by atoms with van der Waals surface area (Å²) < 4.78 is 5.27. The molecule has 0 aromatic carbocycles. The summed E-state index contributed by atoms with van der Waals surface area (Å²) in [6.45, 7) is 1.90. The van der Waals surface area contributed by atoms with Crippen molar-refractivity contribution < 1.29 is 9.53 Å². The summed E-state index contributed by atoms with van der Waals surface area (Å²) in [5, 5.41) is 0. The Kier molecular flexibility index (Phi) is 3.19. The van der Waals surface area contributed by atoms with Gasteiger partial charge in [0.25, 0.3) is 0 Å². The number of methoxy groups -OCH3 is 1. The van der Waals surface area contributed by atoms with Crippen molar-refractivity contribution in [2.75, 3.05) is 20.2 Å². The molecule has 3 aliphatic rings. The molecule has 2 fully saturated rings. The van der Waals surface area contributed by atoms with Crippen LogP contribution in [0.3, 0.4) is 0 Å². The standard InChI is InChI=1S/C19H20N2O2/c1-3-14-15(22)12-13-4-5-16(23-2)20-17(13)18(14)21-10-8-19(6-7-19)9-11-21/h1,4-5H,6-12H2,2H3. The van der Waals surface area contributed by atoms with Crippen LogP contribution in [0.25, 0.3) is 5.70 Å². The molecule has 0 atom stereocenters. The minimum Gasteiger partial charge on any atom is -0.481 e. The van der Waals surface area contributed by atoms with Crippen LogP contribution in [0.1, 0.15) is 36.9 Å². The van der Waals surface area contributed by atoms with Crippen molar-refractivity contribution in [1.29, 1.82) is 0 Å². The number of hydrogen-bond donors (Lipinski definition) is 0. The van der Waals surface area contributed by atoms with Gasteiger partial charge in [0, 0.05) is 25.6 Å². The molecule has 2 heterocycles. The number of ether oxygens (including phenoxy) is 1. The van der Waals surface area contributed by atoms with E-state index in [0.29, 0.717) is 23.3 Å². The first kappa shape index (κ1) is 14.3. The Hall–Kier alpha value is -2.28. The highest BCUT2D eigenvalue weighted by molar-refractivity contribution is 6.09. The topological polar surface area (TPSA) is 42.4 Å². The van der Waals surface area contributed by atoms with Crippen molar-refractivity contribution in [3.8, 4) is 18.2 Å². The van der Waals surface area contributed by atoms with Gasteiger partial charge >= 0.3 is 0 Å². The minimum atomic E-state index is 0.0219. The van der Waals surface area contributed by atoms with E-state index in [1.165, 1.54) is 25.7 Å². The summed E-state index contributed by atoms with van der Waals surface area (Å²) in [7, 11) is 1.60. The molecule has 2 aliphatic carbocycles. The summed E-state index contributed by atoms with van der Waals surface area (Å²) in [4.78, 5) is 19.3. The maximum atomic E-state index is 12.4. The Balaban J connectivity index is 1.77. The monoisotopic (exact) mass is 308 g/mol. The van der Waals surface area contributed by atoms with Gasteiger partial charge in [-0.1, -0.05) is 12.0 Å². The molecule has 1 aromatic rings. The van der Waals surface area contributed by atoms with Crippen LogP contribution in [0, 0.1) is 17.8 Å². The van der Waals surface area contributed by atoms with E-state index in [2.05, 4.69) is 15.8 Å². The molecule has 1 saturated carbocycles. The van der Waals surface area contributed by atoms with E-state index in [1.807, 2.05) is 6.07 Å². The van der Waals surface area contributed by atoms with E-state index in [1.54, 1.807) is 13.2 Å². The number of allylic oxidation sites excluding steroid dienone is 1. The zero-order valence-corrected chi connectivity index (χ0v) is 13.4. The number of terminal acetylenes is 1. The van der Waals surface area contributed by atoms with Gasteiger partial charge in [0.05, 0.1) is 24.1 Å². The fourth-order valence-corrected chi connectivity index (χ4v) is 3.78. The molecule has 23 heavy (non-hydrogen) atoms. The number of aromatic nitrogens is 1. The molecular weight excluding hydrogens is 288 g/mol. The third-order valence-corrected chi connectivity index (χ3v) is 5.50. The number of carbonyl (C=O) groups is 1. The van der Waals surface area contributed by atoms with E-state index in [4.69, 9.17) is 11.2 Å². The number of pyridine rings is 1. The Bertz CT molecular complexity index is 743. The molecular formula is C19H20N2O2. The Morgan fingerprint density at radius 3 is 2.61 bits per heavy atom. The highest BCUT2D eigenvalue weighted by atomic mass is 16.5. The molecule has 0 unspecified atom stereocenters. The predicted octanol–water partition coefficient (Wildman–Crippen LogP) is 2.44. The van der Waals surface area contributed by atoms with Gasteiger partial charge in [0.2, 0.25) is 5.88 Å². The van der Waals surface area contributed by atoms with E-state index in [9.17, 15) is 4.79 Å². The summed E-state index contributed by atoms with van der Waals surface area (Å²) in [5.74, 6) is 3.20. The van der Waals surface area contributed by atoms with Crippen LogP contribution in [0.15, 0.2) is 17.7 Å². The average Bonchev–Trinajstić information content (AvgIpc) is 3.33. The van der Waals surface area contributed by atoms with Crippen molar-refractivity contribution in [3.05, 3.63) is 29.0 Å². The SMILES string of the molecule is C#CC1=C(N2CCC3(CC2)CC3)c2nc(OC)ccc2CC1=O. The highest BCUT2D eigenvalue weighted by Crippen LogP contribution is 2.54. The summed E-state index contributed by atoms with van der Waals surface area (Å²) in [5.41, 5.74) is 3.66. The first-order valence-electron chi connectivity index (χ1n) is 8.19. The number of Topliss-reactive ketones (excluding diaryl/α,β-unsaturated/α-hetero) is 1. The smallest absolute Gasteiger partial charge is 0.213 e. The van der Waals surface area contributed by atoms with Crippen LogP contribution in [0.2, 0.25) is 0 Å². The number of nitrogens with zero attached hydrogens (tertiary/aromatic N) is 2. The second kappa shape index (κ2) is 5.13. The van der Waals surface area contributed by atoms with Crippen LogP contribution in [-0.2, 0) is 11.2 Å². The van der Waals surface area contributed by atoms with Crippen LogP contribution in [0.4, 0.5) is 0 Å². The first-order chi connectivity index (χ1) is 11.2. The lowest BCUT2D eigenvalue weighted by Gasteiger charge is -2.37. The van der Waals surface area contributed by atoms with Gasteiger partial charge in [-0.25, -0.2) is 4.98 Å². The van der Waals surface area contributed by atoms with Gasteiger partial charge in [0.1, 0.15) is 0 Å². The molecule has 118 valence electrons. The number of piperidine rings is 1. The fraction of sp³-hybridized carbons (Fsp3) is 0.474. The number of ketones is 1. The van der Waals surface area contributed by atoms with Gasteiger partial charge in [-0.15, -0.1) is 6.42 Å². The largest absolute Gasteiger partial charge is 0.481 e. The zero-order chi connectivity index (χ0) is 16.0. The Morgan fingerprint density at radius 1 is 1.26 bits per heavy atom. The predicted molar refractivity (Wildman–Crippen MR) is 87.7 cm³/mol. The Morgan fingerprint density at radius 2 is 2.00 bits per heavy atom. The third kappa shape index (κ3) is 2.31. The number of hydrogen-bond acceptors (Lipinski definition) is 4. The first-order valence-corrected chi connectivity index (χ1v) is 8.19. The van der Waals surface area contributed by atoms with E-state index in [-0.39, 0.29) is 5.78 Å². The lowest BCUT2D eigenvalue weighted by molar-refractivity contribution is -0.114. The van der Waals surface area contributed by atoms with Crippen molar-refractivity contribution >= 4 is 11.5 Å². The van der Waals surface area contributed by atoms with Gasteiger partial charge < -0.3 is 9.64 Å². The third-order valence-electron chi connectivity index (χ3n) is 5.50. The van der Waals surface area contributed by atoms with Crippen molar-refractivity contribution in [1.82, 2.24) is 9.88 Å². The molecule has 0 bridgehead atoms. The second-order valence-electron chi connectivity index (χ2n) is 6.82. The maximum absolute atomic E-state index is 12.4. The number of likely N-dealkylation sites (tertiary alicyclic amines) is 1. The summed E-state index contributed by atoms with van der Waals surface area (Å²) in [6.07, 6.45) is 11.1. The summed E-state index contributed by atoms with van der Waals surface area (Å²) >= 11 is 0. The molecule has 1 aromatic heterocycles. The summed E-state index contributed by atoms with van der Waals surface area (Å²) in [6, 6.07) is 3.73. The van der Waals surface area contributed by atoms with E-state index in [0.717, 1.165) is 30.0 Å². The van der Waals surface area contributed by atoms with E-state index < -0.39 is 0 Å². The Labute approximate surface area is 136 Å². The number of carbonyl (C=O) groups excluding carboxylic acids is 1. The van der Waals surface area contributed by atoms with Crippen molar-refractivity contribution in [3.63, 3.8) is 0 Å². The molecule has 0 radical (unpaired) electrons. The second-order valence-corrected chi connectivity index (χ2v) is 6.82. The van der Waals surface area contributed by atoms with Gasteiger partial charge in [-0.2, -0.15) is 0 Å². The normalized spacial score (nSPS) is 21.9. The van der Waals surface area contributed by atoms with Crippen molar-refractivity contribution in [2.24, 2.45) is 5.41 Å². The number of fused-ring (bicyclic) bond motifs is 1. The molecule has 4 heteroatoms. The molecule has 4 nitrogen and oxygen atoms in total. The fourth-order valence-electron chi connectivity index (χ4n) is 3.78. The van der Waals surface area contributed by atoms with Gasteiger partial charge in [-0.3, -0.25) is 4.79 Å². The molecule has 1 aliphatic heterocycles. The quantitative estimate of drug-likeness (QED) is 0.787. The number of rotatable bonds is 2. The van der Waals surface area contributed by atoms with Crippen LogP contribution in [-0.4, -0.2) is 35.9 Å². The van der Waals surface area contributed by atoms with Gasteiger partial charge in [-0.05, 0) is 36.7 Å². The minimum absolute atomic E-state index is 0.0219. The molecule has 1 spiro atoms. The van der Waals surface area contributed by atoms with Crippen molar-refractivity contribution in [2.45, 2.75) is 32.1 Å². The van der Waals surface area contributed by atoms with Crippen LogP contribution in [0.5, 0.6) is 5.88 Å². The highest BCUT2D eigenvalue weighted by Gasteiger charge is 2.45. The van der Waals surface area contributed by atoms with Crippen LogP contribution < -0.4 is 4.74 Å². The molecule has 4 rings (SSSR count).